The van der Waals surface area contributed by atoms with Crippen molar-refractivity contribution in [1.29, 1.82) is 0 Å². The molecule has 0 saturated carbocycles. The Labute approximate surface area is 110 Å². The molecule has 1 amide bonds. The molecule has 0 saturated heterocycles. The number of nitrogens with one attached hydrogen (secondary N) is 1. The molecule has 0 fully saturated rings. The first-order valence-electron chi connectivity index (χ1n) is 5.84. The highest BCUT2D eigenvalue weighted by molar-refractivity contribution is 7.15. The first-order chi connectivity index (χ1) is 8.33. The fraction of sp³-hybridized carbons (Fsp3) is 0.583. The number of ether oxygens (including phenoxy) is 1. The molecular weight excluding hydrogens is 252 g/mol. The number of hydrogen-bond acceptors (Lipinski definition) is 5. The average molecular weight is 268 g/mol. The van der Waals surface area contributed by atoms with Crippen LogP contribution in [-0.2, 0) is 22.4 Å². The number of Topliss-reactive ketones (excluding diaryl/α,β-unsaturated/α-hetero) is 1. The standard InChI is InChI=1S/C12H16N2O3S/c1-12(2,3)17-11(16)14-10-13-8-6-7(15)4-5-9(8)18-10/h4-6H2,1-3H3,(H,13,14,16). The molecule has 98 valence electrons. The molecule has 1 heterocycles. The molecule has 0 radical (unpaired) electrons. The highest BCUT2D eigenvalue weighted by atomic mass is 32.1. The number of nitrogens with zero attached hydrogens (tertiary/aromatic N) is 1. The summed E-state index contributed by atoms with van der Waals surface area (Å²) < 4.78 is 5.14. The Morgan fingerprint density at radius 2 is 2.11 bits per heavy atom. The topological polar surface area (TPSA) is 68.3 Å². The average Bonchev–Trinajstić information content (AvgIpc) is 2.55. The number of carbonyl (C=O) groups excluding carboxylic acids is 2. The zero-order valence-corrected chi connectivity index (χ0v) is 11.5. The van der Waals surface area contributed by atoms with Crippen molar-refractivity contribution < 1.29 is 14.3 Å². The summed E-state index contributed by atoms with van der Waals surface area (Å²) in [4.78, 5) is 28.2. The van der Waals surface area contributed by atoms with Gasteiger partial charge in [0.2, 0.25) is 0 Å². The maximum atomic E-state index is 11.6. The van der Waals surface area contributed by atoms with Crippen molar-refractivity contribution in [2.24, 2.45) is 0 Å². The molecule has 0 unspecified atom stereocenters. The summed E-state index contributed by atoms with van der Waals surface area (Å²) in [6.07, 6.45) is 1.16. The highest BCUT2D eigenvalue weighted by Crippen LogP contribution is 2.28. The van der Waals surface area contributed by atoms with Gasteiger partial charge >= 0.3 is 6.09 Å². The number of aryl methyl sites for hydroxylation is 1. The van der Waals surface area contributed by atoms with Gasteiger partial charge in [-0.3, -0.25) is 10.1 Å². The lowest BCUT2D eigenvalue weighted by Gasteiger charge is -2.18. The molecule has 1 aromatic heterocycles. The highest BCUT2D eigenvalue weighted by Gasteiger charge is 2.22. The van der Waals surface area contributed by atoms with Crippen molar-refractivity contribution in [3.8, 4) is 0 Å². The second-order valence-electron chi connectivity index (χ2n) is 5.23. The molecule has 18 heavy (non-hydrogen) atoms. The summed E-state index contributed by atoms with van der Waals surface area (Å²) in [5, 5.41) is 3.11. The van der Waals surface area contributed by atoms with E-state index < -0.39 is 11.7 Å². The van der Waals surface area contributed by atoms with E-state index in [1.54, 1.807) is 20.8 Å². The van der Waals surface area contributed by atoms with Crippen molar-refractivity contribution >= 4 is 28.3 Å². The number of ketones is 1. The monoisotopic (exact) mass is 268 g/mol. The van der Waals surface area contributed by atoms with Gasteiger partial charge < -0.3 is 4.74 Å². The summed E-state index contributed by atoms with van der Waals surface area (Å²) in [6, 6.07) is 0. The quantitative estimate of drug-likeness (QED) is 0.850. The minimum absolute atomic E-state index is 0.205. The van der Waals surface area contributed by atoms with Gasteiger partial charge in [0.05, 0.1) is 5.69 Å². The Morgan fingerprint density at radius 1 is 1.39 bits per heavy atom. The van der Waals surface area contributed by atoms with E-state index in [2.05, 4.69) is 10.3 Å². The second kappa shape index (κ2) is 4.68. The number of rotatable bonds is 1. The maximum Gasteiger partial charge on any atom is 0.413 e. The van der Waals surface area contributed by atoms with Gasteiger partial charge in [-0.2, -0.15) is 0 Å². The van der Waals surface area contributed by atoms with Crippen LogP contribution in [-0.4, -0.2) is 22.5 Å². The van der Waals surface area contributed by atoms with Gasteiger partial charge in [-0.25, -0.2) is 9.78 Å². The van der Waals surface area contributed by atoms with Gasteiger partial charge in [-0.05, 0) is 27.2 Å². The molecule has 0 bridgehead atoms. The third kappa shape index (κ3) is 3.29. The van der Waals surface area contributed by atoms with E-state index in [9.17, 15) is 9.59 Å². The van der Waals surface area contributed by atoms with Crippen molar-refractivity contribution in [2.75, 3.05) is 5.32 Å². The van der Waals surface area contributed by atoms with Gasteiger partial charge in [0.15, 0.2) is 5.13 Å². The molecule has 1 aliphatic carbocycles. The van der Waals surface area contributed by atoms with Crippen molar-refractivity contribution in [3.05, 3.63) is 10.6 Å². The lowest BCUT2D eigenvalue weighted by molar-refractivity contribution is -0.118. The number of thiazole rings is 1. The molecule has 0 aromatic carbocycles. The zero-order valence-electron chi connectivity index (χ0n) is 10.7. The maximum absolute atomic E-state index is 11.6. The Kier molecular flexibility index (Phi) is 3.38. The number of aromatic nitrogens is 1. The molecule has 0 spiro atoms. The van der Waals surface area contributed by atoms with E-state index in [1.807, 2.05) is 0 Å². The number of hydrogen-bond donors (Lipinski definition) is 1. The SMILES string of the molecule is CC(C)(C)OC(=O)Nc1nc2c(s1)CCC(=O)C2. The molecule has 2 rings (SSSR count). The van der Waals surface area contributed by atoms with E-state index in [0.29, 0.717) is 18.0 Å². The normalized spacial score (nSPS) is 15.2. The number of amides is 1. The largest absolute Gasteiger partial charge is 0.444 e. The van der Waals surface area contributed by atoms with E-state index in [1.165, 1.54) is 11.3 Å². The van der Waals surface area contributed by atoms with Crippen LogP contribution < -0.4 is 5.32 Å². The summed E-state index contributed by atoms with van der Waals surface area (Å²) in [5.74, 6) is 0.205. The van der Waals surface area contributed by atoms with Gasteiger partial charge in [0.1, 0.15) is 11.4 Å². The molecular formula is C12H16N2O3S. The van der Waals surface area contributed by atoms with Gasteiger partial charge in [-0.1, -0.05) is 0 Å². The minimum Gasteiger partial charge on any atom is -0.444 e. The number of fused-ring (bicyclic) bond motifs is 1. The number of carbonyl (C=O) groups is 2. The molecule has 5 nitrogen and oxygen atoms in total. The van der Waals surface area contributed by atoms with Gasteiger partial charge in [-0.15, -0.1) is 11.3 Å². The summed E-state index contributed by atoms with van der Waals surface area (Å²) >= 11 is 1.42. The van der Waals surface area contributed by atoms with Crippen LogP contribution in [0.15, 0.2) is 0 Å². The summed E-state index contributed by atoms with van der Waals surface area (Å²) in [7, 11) is 0. The number of anilines is 1. The Morgan fingerprint density at radius 3 is 2.78 bits per heavy atom. The zero-order chi connectivity index (χ0) is 13.3. The third-order valence-corrected chi connectivity index (χ3v) is 3.45. The van der Waals surface area contributed by atoms with E-state index >= 15 is 0 Å². The fourth-order valence-corrected chi connectivity index (χ4v) is 2.65. The molecule has 0 atom stereocenters. The van der Waals surface area contributed by atoms with Crippen LogP contribution in [0.3, 0.4) is 0 Å². The van der Waals surface area contributed by atoms with Crippen LogP contribution in [0.5, 0.6) is 0 Å². The first-order valence-corrected chi connectivity index (χ1v) is 6.65. The van der Waals surface area contributed by atoms with Crippen LogP contribution in [0.4, 0.5) is 9.93 Å². The van der Waals surface area contributed by atoms with Crippen molar-refractivity contribution in [1.82, 2.24) is 4.98 Å². The molecule has 1 aromatic rings. The second-order valence-corrected chi connectivity index (χ2v) is 6.31. The smallest absolute Gasteiger partial charge is 0.413 e. The fourth-order valence-electron chi connectivity index (χ4n) is 1.69. The molecule has 1 N–H and O–H groups in total. The predicted molar refractivity (Wildman–Crippen MR) is 69.0 cm³/mol. The van der Waals surface area contributed by atoms with Crippen LogP contribution in [0.1, 0.15) is 37.8 Å². The third-order valence-electron chi connectivity index (χ3n) is 2.38. The van der Waals surface area contributed by atoms with E-state index in [-0.39, 0.29) is 5.78 Å². The minimum atomic E-state index is -0.531. The van der Waals surface area contributed by atoms with E-state index in [0.717, 1.165) is 17.0 Å². The van der Waals surface area contributed by atoms with Gasteiger partial charge in [0.25, 0.3) is 0 Å². The Bertz CT molecular complexity index is 488. The lowest BCUT2D eigenvalue weighted by atomic mass is 10.0. The van der Waals surface area contributed by atoms with Crippen molar-refractivity contribution in [3.63, 3.8) is 0 Å². The molecule has 1 aliphatic rings. The summed E-state index contributed by atoms with van der Waals surface area (Å²) in [5.41, 5.74) is 0.263. The molecule has 0 aliphatic heterocycles. The van der Waals surface area contributed by atoms with Gasteiger partial charge in [0, 0.05) is 17.7 Å². The first kappa shape index (κ1) is 13.0. The summed E-state index contributed by atoms with van der Waals surface area (Å²) in [6.45, 7) is 5.41. The Hall–Kier alpha value is -1.43. The van der Waals surface area contributed by atoms with Crippen LogP contribution in [0.2, 0.25) is 0 Å². The Balaban J connectivity index is 2.03. The van der Waals surface area contributed by atoms with E-state index in [4.69, 9.17) is 4.74 Å². The van der Waals surface area contributed by atoms with Crippen LogP contribution in [0, 0.1) is 0 Å². The van der Waals surface area contributed by atoms with Crippen molar-refractivity contribution in [2.45, 2.75) is 45.6 Å². The lowest BCUT2D eigenvalue weighted by Crippen LogP contribution is -2.27. The molecule has 6 heteroatoms. The van der Waals surface area contributed by atoms with Crippen LogP contribution >= 0.6 is 11.3 Å². The predicted octanol–water partition coefficient (Wildman–Crippen LogP) is 2.55. The van der Waals surface area contributed by atoms with Crippen LogP contribution in [0.25, 0.3) is 0 Å².